The van der Waals surface area contributed by atoms with Crippen molar-refractivity contribution in [2.45, 2.75) is 38.0 Å². The Morgan fingerprint density at radius 3 is 2.56 bits per heavy atom. The highest BCUT2D eigenvalue weighted by Crippen LogP contribution is 2.32. The molecule has 6 rings (SSSR count). The molecule has 0 radical (unpaired) electrons. The van der Waals surface area contributed by atoms with E-state index in [1.54, 1.807) is 30.8 Å². The van der Waals surface area contributed by atoms with Crippen LogP contribution in [0.1, 0.15) is 25.8 Å². The number of piperidine rings is 1. The molecule has 0 saturated carbocycles. The van der Waals surface area contributed by atoms with Crippen LogP contribution in [0.2, 0.25) is 0 Å². The van der Waals surface area contributed by atoms with Crippen LogP contribution < -0.4 is 15.0 Å². The molecule has 3 saturated heterocycles. The van der Waals surface area contributed by atoms with Gasteiger partial charge in [0.25, 0.3) is 0 Å². The first-order valence-corrected chi connectivity index (χ1v) is 10.1. The third-order valence-electron chi connectivity index (χ3n) is 5.60. The number of aliphatic hydroxyl groups is 1. The molecule has 2 unspecified atom stereocenters. The van der Waals surface area contributed by atoms with Gasteiger partial charge in [-0.2, -0.15) is 10.4 Å². The molecule has 3 aliphatic heterocycles. The second-order valence-corrected chi connectivity index (χ2v) is 8.76. The predicted molar refractivity (Wildman–Crippen MR) is 127 cm³/mol. The molecule has 0 aliphatic carbocycles. The lowest BCUT2D eigenvalue weighted by atomic mass is 9.91. The van der Waals surface area contributed by atoms with Crippen LogP contribution in [0.15, 0.2) is 36.8 Å². The number of nitrogens with one attached hydrogen (secondary N) is 1. The van der Waals surface area contributed by atoms with Gasteiger partial charge in [-0.15, -0.1) is 24.8 Å². The Labute approximate surface area is 199 Å². The number of aromatic nitrogens is 3. The van der Waals surface area contributed by atoms with E-state index in [9.17, 15) is 10.4 Å². The van der Waals surface area contributed by atoms with Gasteiger partial charge in [-0.25, -0.2) is 9.50 Å². The second-order valence-electron chi connectivity index (χ2n) is 8.76. The lowest BCUT2D eigenvalue weighted by Gasteiger charge is -2.48. The lowest BCUT2D eigenvalue weighted by molar-refractivity contribution is 0.0283. The molecule has 2 atom stereocenters. The van der Waals surface area contributed by atoms with Gasteiger partial charge in [0.15, 0.2) is 0 Å². The largest absolute Gasteiger partial charge is 0.489 e. The lowest BCUT2D eigenvalue weighted by Crippen LogP contribution is -2.67. The number of hydrogen-bond donors (Lipinski definition) is 2. The van der Waals surface area contributed by atoms with E-state index in [2.05, 4.69) is 21.4 Å². The maximum atomic E-state index is 9.99. The first kappa shape index (κ1) is 24.1. The van der Waals surface area contributed by atoms with Gasteiger partial charge in [0.1, 0.15) is 24.2 Å². The highest BCUT2D eigenvalue weighted by atomic mass is 35.5. The maximum Gasteiger partial charge on any atom is 0.138 e. The van der Waals surface area contributed by atoms with E-state index in [1.165, 1.54) is 6.42 Å². The zero-order valence-corrected chi connectivity index (χ0v) is 19.5. The molecular formula is C22H26Cl2N6O2. The number of rotatable bonds is 5. The summed E-state index contributed by atoms with van der Waals surface area (Å²) < 4.78 is 7.43. The minimum absolute atomic E-state index is 0. The Bertz CT molecular complexity index is 1120. The first-order valence-electron chi connectivity index (χ1n) is 10.1. The van der Waals surface area contributed by atoms with Crippen LogP contribution >= 0.6 is 24.8 Å². The highest BCUT2D eigenvalue weighted by molar-refractivity contribution is 5.86. The Hall–Kier alpha value is -2.57. The van der Waals surface area contributed by atoms with Crippen molar-refractivity contribution in [3.8, 4) is 22.9 Å². The topological polar surface area (TPSA) is 98.7 Å². The van der Waals surface area contributed by atoms with Gasteiger partial charge in [0.2, 0.25) is 0 Å². The summed E-state index contributed by atoms with van der Waals surface area (Å²) in [5.74, 6) is 1.54. The van der Waals surface area contributed by atoms with Gasteiger partial charge < -0.3 is 20.1 Å². The summed E-state index contributed by atoms with van der Waals surface area (Å²) in [4.78, 5) is 7.02. The molecule has 0 spiro atoms. The van der Waals surface area contributed by atoms with E-state index in [-0.39, 0.29) is 31.4 Å². The Morgan fingerprint density at radius 2 is 1.97 bits per heavy atom. The standard InChI is InChI=1S/C22H24N6O2.2ClH/c1-22(2,29)13-30-18-6-19(21-15(7-23)9-25-28(21)12-18)14-3-4-20(24-8-14)27-10-16-5-17(11-27)26-16;;/h3-4,6,8-9,12,16-17,26,29H,5,10-11,13H2,1-2H3;2*1H. The molecule has 3 aliphatic rings. The van der Waals surface area contributed by atoms with Crippen LogP contribution in [0.5, 0.6) is 5.75 Å². The van der Waals surface area contributed by atoms with Gasteiger partial charge in [0, 0.05) is 42.5 Å². The van der Waals surface area contributed by atoms with E-state index < -0.39 is 5.60 Å². The van der Waals surface area contributed by atoms with Crippen LogP contribution in [0.3, 0.4) is 0 Å². The molecule has 2 bridgehead atoms. The predicted octanol–water partition coefficient (Wildman–Crippen LogP) is 2.81. The van der Waals surface area contributed by atoms with Crippen LogP contribution in [0, 0.1) is 11.3 Å². The number of nitrogens with zero attached hydrogens (tertiary/aromatic N) is 5. The molecule has 2 N–H and O–H groups in total. The van der Waals surface area contributed by atoms with Crippen LogP contribution in [0.25, 0.3) is 16.6 Å². The molecule has 3 fully saturated rings. The van der Waals surface area contributed by atoms with Crippen LogP contribution in [-0.2, 0) is 0 Å². The van der Waals surface area contributed by atoms with E-state index in [1.807, 2.05) is 24.4 Å². The molecule has 3 aromatic rings. The van der Waals surface area contributed by atoms with Gasteiger partial charge in [-0.05, 0) is 38.5 Å². The fraction of sp³-hybridized carbons (Fsp3) is 0.409. The van der Waals surface area contributed by atoms with Crippen LogP contribution in [0.4, 0.5) is 5.82 Å². The van der Waals surface area contributed by atoms with Crippen molar-refractivity contribution in [1.29, 1.82) is 5.26 Å². The number of piperazine rings is 1. The maximum absolute atomic E-state index is 9.99. The quantitative estimate of drug-likeness (QED) is 0.583. The van der Waals surface area contributed by atoms with Crippen molar-refractivity contribution >= 4 is 36.1 Å². The summed E-state index contributed by atoms with van der Waals surface area (Å²) in [5, 5.41) is 27.3. The van der Waals surface area contributed by atoms with Crippen molar-refractivity contribution in [3.05, 3.63) is 42.4 Å². The number of nitriles is 1. The molecule has 6 heterocycles. The molecule has 32 heavy (non-hydrogen) atoms. The third-order valence-corrected chi connectivity index (χ3v) is 5.60. The second kappa shape index (κ2) is 9.12. The first-order chi connectivity index (χ1) is 14.4. The van der Waals surface area contributed by atoms with Crippen LogP contribution in [-0.4, -0.2) is 57.1 Å². The fourth-order valence-corrected chi connectivity index (χ4v) is 4.17. The highest BCUT2D eigenvalue weighted by Gasteiger charge is 2.36. The van der Waals surface area contributed by atoms with Crippen molar-refractivity contribution in [3.63, 3.8) is 0 Å². The number of pyridine rings is 2. The molecule has 170 valence electrons. The molecule has 10 heteroatoms. The summed E-state index contributed by atoms with van der Waals surface area (Å²) in [6.45, 7) is 5.49. The van der Waals surface area contributed by atoms with Gasteiger partial charge >= 0.3 is 0 Å². The summed E-state index contributed by atoms with van der Waals surface area (Å²) in [5.41, 5.74) is 1.95. The minimum atomic E-state index is -0.954. The number of hydrogen-bond acceptors (Lipinski definition) is 7. The fourth-order valence-electron chi connectivity index (χ4n) is 4.17. The molecule has 3 aromatic heterocycles. The van der Waals surface area contributed by atoms with E-state index in [0.717, 1.165) is 30.0 Å². The summed E-state index contributed by atoms with van der Waals surface area (Å²) in [6.07, 6.45) is 6.36. The molecule has 8 nitrogen and oxygen atoms in total. The SMILES string of the molecule is CC(C)(O)COc1cc(-c2ccc(N3CC4CC(C3)N4)nc2)c2c(C#N)cnn2c1.Cl.Cl. The van der Waals surface area contributed by atoms with Crippen molar-refractivity contribution in [1.82, 2.24) is 19.9 Å². The Balaban J connectivity index is 0.00000144. The zero-order valence-electron chi connectivity index (χ0n) is 17.9. The normalized spacial score (nSPS) is 19.4. The van der Waals surface area contributed by atoms with Gasteiger partial charge in [-0.1, -0.05) is 0 Å². The third kappa shape index (κ3) is 4.62. The van der Waals surface area contributed by atoms with Gasteiger partial charge in [-0.3, -0.25) is 0 Å². The minimum Gasteiger partial charge on any atom is -0.489 e. The molecule has 0 aromatic carbocycles. The summed E-state index contributed by atoms with van der Waals surface area (Å²) >= 11 is 0. The Morgan fingerprint density at radius 1 is 1.25 bits per heavy atom. The number of halogens is 2. The molecular weight excluding hydrogens is 451 g/mol. The van der Waals surface area contributed by atoms with Crippen molar-refractivity contribution in [2.75, 3.05) is 24.6 Å². The van der Waals surface area contributed by atoms with Gasteiger partial charge in [0.05, 0.1) is 29.1 Å². The number of anilines is 1. The monoisotopic (exact) mass is 476 g/mol. The van der Waals surface area contributed by atoms with E-state index in [0.29, 0.717) is 28.9 Å². The van der Waals surface area contributed by atoms with Crippen molar-refractivity contribution in [2.24, 2.45) is 0 Å². The Kier molecular flexibility index (Phi) is 6.86. The number of ether oxygens (including phenoxy) is 1. The smallest absolute Gasteiger partial charge is 0.138 e. The van der Waals surface area contributed by atoms with Crippen molar-refractivity contribution < 1.29 is 9.84 Å². The zero-order chi connectivity index (χ0) is 20.9. The number of fused-ring (bicyclic) bond motifs is 3. The average Bonchev–Trinajstić information content (AvgIpc) is 3.14. The summed E-state index contributed by atoms with van der Waals surface area (Å²) in [6, 6.07) is 9.28. The summed E-state index contributed by atoms with van der Waals surface area (Å²) in [7, 11) is 0. The van der Waals surface area contributed by atoms with E-state index in [4.69, 9.17) is 9.72 Å². The average molecular weight is 477 g/mol. The molecule has 0 amide bonds. The van der Waals surface area contributed by atoms with E-state index >= 15 is 0 Å².